The normalized spacial score (nSPS) is 11.1. The van der Waals surface area contributed by atoms with Crippen molar-refractivity contribution in [2.75, 3.05) is 33.9 Å². The molecule has 0 saturated heterocycles. The minimum Gasteiger partial charge on any atom is -0.496 e. The molecule has 0 radical (unpaired) electrons. The molecule has 2 N–H and O–H groups in total. The Kier molecular flexibility index (Phi) is 7.64. The summed E-state index contributed by atoms with van der Waals surface area (Å²) in [6, 6.07) is 5.99. The topological polar surface area (TPSA) is 47.7 Å². The lowest BCUT2D eigenvalue weighted by atomic mass is 10.1. The van der Waals surface area contributed by atoms with Crippen LogP contribution in [0.5, 0.6) is 5.75 Å². The standard InChI is InChI=1S/C16H26N2O2S/c1-12(2)10-18(7-8-19-3)11-13-5-6-14(16(17)21)15(9-13)20-4/h5-6,9,12H,7-8,10-11H2,1-4H3,(H2,17,21). The van der Waals surface area contributed by atoms with Crippen LogP contribution in [0.25, 0.3) is 0 Å². The molecule has 0 atom stereocenters. The summed E-state index contributed by atoms with van der Waals surface area (Å²) in [5, 5.41) is 0. The Morgan fingerprint density at radius 2 is 2.05 bits per heavy atom. The highest BCUT2D eigenvalue weighted by Gasteiger charge is 2.11. The van der Waals surface area contributed by atoms with Gasteiger partial charge in [-0.3, -0.25) is 4.90 Å². The number of nitrogens with zero attached hydrogens (tertiary/aromatic N) is 1. The predicted octanol–water partition coefficient (Wildman–Crippen LogP) is 2.43. The van der Waals surface area contributed by atoms with E-state index >= 15 is 0 Å². The van der Waals surface area contributed by atoms with E-state index in [0.29, 0.717) is 10.9 Å². The zero-order chi connectivity index (χ0) is 15.8. The van der Waals surface area contributed by atoms with Gasteiger partial charge in [0, 0.05) is 26.7 Å². The second kappa shape index (κ2) is 8.97. The molecule has 0 aliphatic carbocycles. The van der Waals surface area contributed by atoms with Gasteiger partial charge in [0.05, 0.1) is 19.3 Å². The number of rotatable bonds is 9. The van der Waals surface area contributed by atoms with E-state index in [-0.39, 0.29) is 0 Å². The maximum atomic E-state index is 5.70. The second-order valence-electron chi connectivity index (χ2n) is 5.52. The van der Waals surface area contributed by atoms with Crippen LogP contribution in [-0.2, 0) is 11.3 Å². The van der Waals surface area contributed by atoms with Crippen molar-refractivity contribution in [3.8, 4) is 5.75 Å². The predicted molar refractivity (Wildman–Crippen MR) is 90.9 cm³/mol. The molecule has 0 fully saturated rings. The summed E-state index contributed by atoms with van der Waals surface area (Å²) in [6.45, 7) is 7.97. The van der Waals surface area contributed by atoms with Crippen molar-refractivity contribution in [2.24, 2.45) is 11.7 Å². The average Bonchev–Trinajstić information content (AvgIpc) is 2.43. The van der Waals surface area contributed by atoms with Crippen LogP contribution in [-0.4, -0.2) is 43.8 Å². The zero-order valence-electron chi connectivity index (χ0n) is 13.4. The largest absolute Gasteiger partial charge is 0.496 e. The highest BCUT2D eigenvalue weighted by atomic mass is 32.1. The van der Waals surface area contributed by atoms with Crippen LogP contribution in [0.2, 0.25) is 0 Å². The maximum Gasteiger partial charge on any atom is 0.129 e. The van der Waals surface area contributed by atoms with E-state index in [0.717, 1.165) is 37.6 Å². The molecule has 4 nitrogen and oxygen atoms in total. The number of hydrogen-bond donors (Lipinski definition) is 1. The quantitative estimate of drug-likeness (QED) is 0.710. The number of thiocarbonyl (C=S) groups is 1. The first-order valence-electron chi connectivity index (χ1n) is 7.16. The van der Waals surface area contributed by atoms with Gasteiger partial charge in [-0.25, -0.2) is 0 Å². The lowest BCUT2D eigenvalue weighted by molar-refractivity contribution is 0.136. The molecule has 118 valence electrons. The number of benzene rings is 1. The number of ether oxygens (including phenoxy) is 2. The third kappa shape index (κ3) is 5.99. The Balaban J connectivity index is 2.85. The van der Waals surface area contributed by atoms with E-state index < -0.39 is 0 Å². The molecule has 0 spiro atoms. The fraction of sp³-hybridized carbons (Fsp3) is 0.562. The van der Waals surface area contributed by atoms with Crippen molar-refractivity contribution in [1.82, 2.24) is 4.90 Å². The summed E-state index contributed by atoms with van der Waals surface area (Å²) < 4.78 is 10.6. The molecule has 0 aromatic heterocycles. The van der Waals surface area contributed by atoms with Gasteiger partial charge in [-0.1, -0.05) is 32.1 Å². The first-order chi connectivity index (χ1) is 9.97. The van der Waals surface area contributed by atoms with Gasteiger partial charge in [0.15, 0.2) is 0 Å². The zero-order valence-corrected chi connectivity index (χ0v) is 14.2. The van der Waals surface area contributed by atoms with Gasteiger partial charge in [0.25, 0.3) is 0 Å². The lowest BCUT2D eigenvalue weighted by Gasteiger charge is -2.24. The molecule has 1 aromatic carbocycles. The minimum atomic E-state index is 0.358. The number of hydrogen-bond acceptors (Lipinski definition) is 4. The smallest absolute Gasteiger partial charge is 0.129 e. The van der Waals surface area contributed by atoms with E-state index in [1.54, 1.807) is 14.2 Å². The third-order valence-electron chi connectivity index (χ3n) is 3.17. The van der Waals surface area contributed by atoms with Crippen LogP contribution in [0.15, 0.2) is 18.2 Å². The molecular weight excluding hydrogens is 284 g/mol. The molecule has 1 aromatic rings. The van der Waals surface area contributed by atoms with Gasteiger partial charge < -0.3 is 15.2 Å². The molecule has 0 heterocycles. The van der Waals surface area contributed by atoms with E-state index in [1.807, 2.05) is 12.1 Å². The van der Waals surface area contributed by atoms with E-state index in [9.17, 15) is 0 Å². The molecule has 0 amide bonds. The summed E-state index contributed by atoms with van der Waals surface area (Å²) in [5.41, 5.74) is 7.66. The molecule has 0 aliphatic heterocycles. The van der Waals surface area contributed by atoms with Crippen molar-refractivity contribution < 1.29 is 9.47 Å². The lowest BCUT2D eigenvalue weighted by Crippen LogP contribution is -2.30. The average molecular weight is 310 g/mol. The number of methoxy groups -OCH3 is 2. The summed E-state index contributed by atoms with van der Waals surface area (Å²) in [6.07, 6.45) is 0. The Hall–Kier alpha value is -1.17. The van der Waals surface area contributed by atoms with Gasteiger partial charge in [-0.05, 0) is 23.6 Å². The summed E-state index contributed by atoms with van der Waals surface area (Å²) in [7, 11) is 3.37. The van der Waals surface area contributed by atoms with Crippen LogP contribution in [0.1, 0.15) is 25.0 Å². The van der Waals surface area contributed by atoms with Crippen LogP contribution < -0.4 is 10.5 Å². The van der Waals surface area contributed by atoms with E-state index in [2.05, 4.69) is 24.8 Å². The van der Waals surface area contributed by atoms with Gasteiger partial charge in [-0.15, -0.1) is 0 Å². The molecule has 0 aliphatic rings. The van der Waals surface area contributed by atoms with Crippen molar-refractivity contribution >= 4 is 17.2 Å². The Morgan fingerprint density at radius 1 is 1.33 bits per heavy atom. The molecule has 5 heteroatoms. The number of nitrogens with two attached hydrogens (primary N) is 1. The molecule has 1 rings (SSSR count). The van der Waals surface area contributed by atoms with Gasteiger partial charge in [0.1, 0.15) is 10.7 Å². The molecule has 0 saturated carbocycles. The van der Waals surface area contributed by atoms with Crippen molar-refractivity contribution in [3.63, 3.8) is 0 Å². The Bertz CT molecular complexity index is 464. The van der Waals surface area contributed by atoms with E-state index in [4.69, 9.17) is 27.4 Å². The summed E-state index contributed by atoms with van der Waals surface area (Å²) >= 11 is 5.03. The molecular formula is C16H26N2O2S. The van der Waals surface area contributed by atoms with Crippen molar-refractivity contribution in [3.05, 3.63) is 29.3 Å². The second-order valence-corrected chi connectivity index (χ2v) is 5.96. The third-order valence-corrected chi connectivity index (χ3v) is 3.39. The summed E-state index contributed by atoms with van der Waals surface area (Å²) in [4.78, 5) is 2.74. The van der Waals surface area contributed by atoms with Gasteiger partial charge >= 0.3 is 0 Å². The highest BCUT2D eigenvalue weighted by molar-refractivity contribution is 7.80. The van der Waals surface area contributed by atoms with Gasteiger partial charge in [0.2, 0.25) is 0 Å². The fourth-order valence-electron chi connectivity index (χ4n) is 2.27. The summed E-state index contributed by atoms with van der Waals surface area (Å²) in [5.74, 6) is 1.34. The minimum absolute atomic E-state index is 0.358. The van der Waals surface area contributed by atoms with Crippen LogP contribution in [0.3, 0.4) is 0 Å². The first kappa shape index (κ1) is 17.9. The first-order valence-corrected chi connectivity index (χ1v) is 7.56. The van der Waals surface area contributed by atoms with Crippen LogP contribution >= 0.6 is 12.2 Å². The highest BCUT2D eigenvalue weighted by Crippen LogP contribution is 2.21. The fourth-order valence-corrected chi connectivity index (χ4v) is 2.44. The molecule has 0 unspecified atom stereocenters. The van der Waals surface area contributed by atoms with Crippen LogP contribution in [0.4, 0.5) is 0 Å². The maximum absolute atomic E-state index is 5.70. The Morgan fingerprint density at radius 3 is 2.57 bits per heavy atom. The van der Waals surface area contributed by atoms with Crippen molar-refractivity contribution in [1.29, 1.82) is 0 Å². The SMILES string of the molecule is COCCN(Cc1ccc(C(N)=S)c(OC)c1)CC(C)C. The van der Waals surface area contributed by atoms with Gasteiger partial charge in [-0.2, -0.15) is 0 Å². The van der Waals surface area contributed by atoms with Crippen LogP contribution in [0, 0.1) is 5.92 Å². The molecule has 0 bridgehead atoms. The Labute approximate surface area is 133 Å². The monoisotopic (exact) mass is 310 g/mol. The van der Waals surface area contributed by atoms with E-state index in [1.165, 1.54) is 5.56 Å². The van der Waals surface area contributed by atoms with Crippen molar-refractivity contribution in [2.45, 2.75) is 20.4 Å². The molecule has 21 heavy (non-hydrogen) atoms.